The molecule has 1 heterocycles. The van der Waals surface area contributed by atoms with Crippen LogP contribution in [0, 0.1) is 5.41 Å². The first-order valence-corrected chi connectivity index (χ1v) is 4.84. The molecule has 3 nitrogen and oxygen atoms in total. The number of nitrogens with zero attached hydrogens (tertiary/aromatic N) is 2. The summed E-state index contributed by atoms with van der Waals surface area (Å²) in [5.41, 5.74) is 1.53. The maximum Gasteiger partial charge on any atom is 0.0492 e. The minimum absolute atomic E-state index is 0.268. The molecule has 1 aromatic rings. The average molecular weight is 180 g/mol. The molecule has 0 bridgehead atoms. The summed E-state index contributed by atoms with van der Waals surface area (Å²) in [4.78, 5) is 0. The molecule has 1 aliphatic rings. The smallest absolute Gasteiger partial charge is 0.0492 e. The van der Waals surface area contributed by atoms with Crippen molar-refractivity contribution >= 4 is 0 Å². The highest BCUT2D eigenvalue weighted by Crippen LogP contribution is 2.48. The van der Waals surface area contributed by atoms with Crippen LogP contribution in [0.2, 0.25) is 0 Å². The summed E-state index contributed by atoms with van der Waals surface area (Å²) < 4.78 is 1.91. The van der Waals surface area contributed by atoms with E-state index >= 15 is 0 Å². The van der Waals surface area contributed by atoms with Gasteiger partial charge in [-0.25, -0.2) is 0 Å². The second kappa shape index (κ2) is 3.14. The Labute approximate surface area is 78.4 Å². The Balaban J connectivity index is 1.90. The molecule has 0 atom stereocenters. The molecule has 1 fully saturated rings. The van der Waals surface area contributed by atoms with Crippen LogP contribution in [0.25, 0.3) is 0 Å². The second-order valence-electron chi connectivity index (χ2n) is 4.10. The summed E-state index contributed by atoms with van der Waals surface area (Å²) in [5, 5.41) is 13.2. The molecule has 0 saturated heterocycles. The van der Waals surface area contributed by atoms with E-state index in [-0.39, 0.29) is 5.41 Å². The average Bonchev–Trinajstić information content (AvgIpc) is 2.82. The van der Waals surface area contributed by atoms with Gasteiger partial charge in [-0.15, -0.1) is 0 Å². The fraction of sp³-hybridized carbons (Fsp3) is 0.700. The third kappa shape index (κ3) is 1.75. The zero-order chi connectivity index (χ0) is 9.31. The summed E-state index contributed by atoms with van der Waals surface area (Å²) in [6, 6.07) is 2.05. The topological polar surface area (TPSA) is 38.0 Å². The number of aliphatic hydroxyl groups excluding tert-OH is 1. The van der Waals surface area contributed by atoms with Gasteiger partial charge in [0.05, 0.1) is 0 Å². The van der Waals surface area contributed by atoms with Gasteiger partial charge in [0.1, 0.15) is 0 Å². The molecule has 0 aliphatic heterocycles. The van der Waals surface area contributed by atoms with Crippen molar-refractivity contribution in [1.29, 1.82) is 0 Å². The lowest BCUT2D eigenvalue weighted by molar-refractivity contribution is 0.203. The van der Waals surface area contributed by atoms with Gasteiger partial charge in [-0.1, -0.05) is 0 Å². The molecule has 1 aliphatic carbocycles. The second-order valence-corrected chi connectivity index (χ2v) is 4.10. The van der Waals surface area contributed by atoms with Crippen LogP contribution in [0.1, 0.15) is 25.0 Å². The summed E-state index contributed by atoms with van der Waals surface area (Å²) in [5.74, 6) is 0. The van der Waals surface area contributed by atoms with Crippen molar-refractivity contribution in [3.8, 4) is 0 Å². The minimum Gasteiger partial charge on any atom is -0.396 e. The van der Waals surface area contributed by atoms with E-state index in [1.165, 1.54) is 18.5 Å². The maximum absolute atomic E-state index is 9.13. The van der Waals surface area contributed by atoms with Gasteiger partial charge in [-0.3, -0.25) is 4.68 Å². The van der Waals surface area contributed by atoms with Gasteiger partial charge in [0.15, 0.2) is 0 Å². The van der Waals surface area contributed by atoms with Crippen LogP contribution in [0.3, 0.4) is 0 Å². The minimum atomic E-state index is 0.268. The van der Waals surface area contributed by atoms with Crippen LogP contribution in [-0.2, 0) is 13.5 Å². The molecular formula is C10H16N2O. The molecule has 1 N–H and O–H groups in total. The number of aryl methyl sites for hydroxylation is 2. The molecule has 0 spiro atoms. The first-order valence-electron chi connectivity index (χ1n) is 4.84. The normalized spacial score (nSPS) is 18.9. The zero-order valence-electron chi connectivity index (χ0n) is 8.03. The summed E-state index contributed by atoms with van der Waals surface area (Å²) in [6.45, 7) is 0.352. The molecule has 1 aromatic heterocycles. The molecule has 72 valence electrons. The highest BCUT2D eigenvalue weighted by atomic mass is 16.3. The Morgan fingerprint density at radius 3 is 2.85 bits per heavy atom. The Morgan fingerprint density at radius 2 is 2.38 bits per heavy atom. The number of aliphatic hydroxyl groups is 1. The van der Waals surface area contributed by atoms with E-state index < -0.39 is 0 Å². The van der Waals surface area contributed by atoms with Crippen molar-refractivity contribution < 1.29 is 5.11 Å². The summed E-state index contributed by atoms with van der Waals surface area (Å²) in [7, 11) is 1.97. The van der Waals surface area contributed by atoms with E-state index in [0.29, 0.717) is 6.61 Å². The van der Waals surface area contributed by atoms with Gasteiger partial charge in [0.25, 0.3) is 0 Å². The zero-order valence-corrected chi connectivity index (χ0v) is 8.03. The Bertz CT molecular complexity index is 289. The SMILES string of the molecule is Cn1nccc1CCC1(CO)CC1. The number of rotatable bonds is 4. The highest BCUT2D eigenvalue weighted by Gasteiger charge is 2.41. The van der Waals surface area contributed by atoms with E-state index in [4.69, 9.17) is 5.11 Å². The van der Waals surface area contributed by atoms with Crippen LogP contribution in [0.15, 0.2) is 12.3 Å². The van der Waals surface area contributed by atoms with Crippen molar-refractivity contribution in [2.75, 3.05) is 6.61 Å². The Kier molecular flexibility index (Phi) is 2.12. The van der Waals surface area contributed by atoms with Crippen LogP contribution >= 0.6 is 0 Å². The predicted molar refractivity (Wildman–Crippen MR) is 50.3 cm³/mol. The first-order chi connectivity index (χ1) is 6.26. The predicted octanol–water partition coefficient (Wildman–Crippen LogP) is 1.13. The standard InChI is InChI=1S/C10H16N2O/c1-12-9(3-7-11-12)2-4-10(8-13)5-6-10/h3,7,13H,2,4-6,8H2,1H3. The highest BCUT2D eigenvalue weighted by molar-refractivity contribution is 5.03. The van der Waals surface area contributed by atoms with Crippen LogP contribution in [-0.4, -0.2) is 21.5 Å². The van der Waals surface area contributed by atoms with E-state index in [0.717, 1.165) is 12.8 Å². The van der Waals surface area contributed by atoms with E-state index in [1.54, 1.807) is 0 Å². The van der Waals surface area contributed by atoms with Crippen molar-refractivity contribution in [3.63, 3.8) is 0 Å². The van der Waals surface area contributed by atoms with E-state index in [1.807, 2.05) is 24.0 Å². The van der Waals surface area contributed by atoms with Crippen LogP contribution in [0.5, 0.6) is 0 Å². The van der Waals surface area contributed by atoms with Crippen LogP contribution in [0.4, 0.5) is 0 Å². The molecule has 0 unspecified atom stereocenters. The molecule has 0 aromatic carbocycles. The molecule has 3 heteroatoms. The van der Waals surface area contributed by atoms with Gasteiger partial charge < -0.3 is 5.11 Å². The summed E-state index contributed by atoms with van der Waals surface area (Å²) in [6.07, 6.45) is 6.36. The van der Waals surface area contributed by atoms with Gasteiger partial charge in [-0.2, -0.15) is 5.10 Å². The van der Waals surface area contributed by atoms with E-state index in [2.05, 4.69) is 5.10 Å². The molecule has 0 radical (unpaired) electrons. The third-order valence-corrected chi connectivity index (χ3v) is 3.13. The first kappa shape index (κ1) is 8.75. The molecule has 2 rings (SSSR count). The number of aromatic nitrogens is 2. The van der Waals surface area contributed by atoms with Gasteiger partial charge in [0, 0.05) is 25.5 Å². The van der Waals surface area contributed by atoms with Gasteiger partial charge >= 0.3 is 0 Å². The van der Waals surface area contributed by atoms with Crippen LogP contribution < -0.4 is 0 Å². The van der Waals surface area contributed by atoms with Crippen molar-refractivity contribution in [3.05, 3.63) is 18.0 Å². The summed E-state index contributed by atoms with van der Waals surface area (Å²) >= 11 is 0. The number of hydrogen-bond donors (Lipinski definition) is 1. The lowest BCUT2D eigenvalue weighted by atomic mass is 10.0. The third-order valence-electron chi connectivity index (χ3n) is 3.13. The van der Waals surface area contributed by atoms with Crippen molar-refractivity contribution in [2.45, 2.75) is 25.7 Å². The van der Waals surface area contributed by atoms with Crippen molar-refractivity contribution in [1.82, 2.24) is 9.78 Å². The lowest BCUT2D eigenvalue weighted by Gasteiger charge is -2.10. The fourth-order valence-electron chi connectivity index (χ4n) is 1.70. The number of hydrogen-bond acceptors (Lipinski definition) is 2. The molecule has 13 heavy (non-hydrogen) atoms. The van der Waals surface area contributed by atoms with Gasteiger partial charge in [-0.05, 0) is 37.2 Å². The van der Waals surface area contributed by atoms with Gasteiger partial charge in [0.2, 0.25) is 0 Å². The van der Waals surface area contributed by atoms with E-state index in [9.17, 15) is 0 Å². The molecule has 1 saturated carbocycles. The van der Waals surface area contributed by atoms with Crippen molar-refractivity contribution in [2.24, 2.45) is 12.5 Å². The Hall–Kier alpha value is -0.830. The monoisotopic (exact) mass is 180 g/mol. The Morgan fingerprint density at radius 1 is 1.62 bits per heavy atom. The fourth-order valence-corrected chi connectivity index (χ4v) is 1.70. The molecule has 0 amide bonds. The lowest BCUT2D eigenvalue weighted by Crippen LogP contribution is -2.09. The largest absolute Gasteiger partial charge is 0.396 e. The maximum atomic E-state index is 9.13. The quantitative estimate of drug-likeness (QED) is 0.754. The molecular weight excluding hydrogens is 164 g/mol.